The van der Waals surface area contributed by atoms with Crippen LogP contribution in [-0.2, 0) is 4.57 Å². The summed E-state index contributed by atoms with van der Waals surface area (Å²) in [4.78, 5) is 1.00. The predicted octanol–water partition coefficient (Wildman–Crippen LogP) is 5.17. The van der Waals surface area contributed by atoms with Gasteiger partial charge in [0, 0.05) is 11.6 Å². The summed E-state index contributed by atoms with van der Waals surface area (Å²) < 4.78 is 19.0. The first kappa shape index (κ1) is 15.2. The van der Waals surface area contributed by atoms with Crippen molar-refractivity contribution < 1.29 is 9.30 Å². The molecule has 1 unspecified atom stereocenters. The molecule has 0 spiro atoms. The van der Waals surface area contributed by atoms with Gasteiger partial charge in [-0.2, -0.15) is 0 Å². The fourth-order valence-corrected chi connectivity index (χ4v) is 6.94. The first-order valence-corrected chi connectivity index (χ1v) is 10.6. The number of benzene rings is 3. The van der Waals surface area contributed by atoms with Gasteiger partial charge in [0.25, 0.3) is 0 Å². The van der Waals surface area contributed by atoms with Gasteiger partial charge in [-0.1, -0.05) is 59.9 Å². The molecule has 0 amide bonds. The zero-order chi connectivity index (χ0) is 15.6. The maximum atomic E-state index is 13.5. The molecule has 0 saturated carbocycles. The Kier molecular flexibility index (Phi) is 4.28. The molecule has 22 heavy (non-hydrogen) atoms. The lowest BCUT2D eigenvalue weighted by molar-refractivity contribution is 0.418. The number of methoxy groups -OCH3 is 1. The Balaban J connectivity index is 2.17. The predicted molar refractivity (Wildman–Crippen MR) is 96.0 cm³/mol. The van der Waals surface area contributed by atoms with Crippen molar-refractivity contribution in [3.8, 4) is 5.75 Å². The van der Waals surface area contributed by atoms with E-state index in [0.717, 1.165) is 21.0 Å². The highest BCUT2D eigenvalue weighted by molar-refractivity contribution is 8.60. The fourth-order valence-electron chi connectivity index (χ4n) is 2.55. The number of fused-ring (bicyclic) bond motifs is 1. The number of ether oxygens (including phenoxy) is 1. The highest BCUT2D eigenvalue weighted by Gasteiger charge is 2.26. The molecule has 112 valence electrons. The first-order valence-electron chi connectivity index (χ1n) is 7.00. The average Bonchev–Trinajstić information content (AvgIpc) is 2.54. The van der Waals surface area contributed by atoms with Gasteiger partial charge in [0.2, 0.25) is 0 Å². The van der Waals surface area contributed by atoms with Crippen molar-refractivity contribution in [3.05, 3.63) is 66.7 Å². The Morgan fingerprint density at radius 2 is 1.59 bits per heavy atom. The Morgan fingerprint density at radius 1 is 0.909 bits per heavy atom. The zero-order valence-corrected chi connectivity index (χ0v) is 14.2. The lowest BCUT2D eigenvalue weighted by Gasteiger charge is -2.18. The largest absolute Gasteiger partial charge is 0.496 e. The molecular formula is C18H17O2PS. The lowest BCUT2D eigenvalue weighted by atomic mass is 10.1. The minimum atomic E-state index is -2.67. The van der Waals surface area contributed by atoms with E-state index < -0.39 is 6.34 Å². The molecule has 3 rings (SSSR count). The van der Waals surface area contributed by atoms with Gasteiger partial charge >= 0.3 is 0 Å². The first-order chi connectivity index (χ1) is 10.6. The van der Waals surface area contributed by atoms with E-state index in [1.807, 2.05) is 73.4 Å². The van der Waals surface area contributed by atoms with Crippen LogP contribution in [-0.4, -0.2) is 13.8 Å². The van der Waals surface area contributed by atoms with Crippen LogP contribution in [0.3, 0.4) is 0 Å². The van der Waals surface area contributed by atoms with Crippen LogP contribution in [0.5, 0.6) is 5.75 Å². The SMILES string of the molecule is COc1ccc2ccccc2c1P(C)(=O)Sc1ccccc1. The smallest absolute Gasteiger partial charge is 0.172 e. The highest BCUT2D eigenvalue weighted by Crippen LogP contribution is 2.60. The third-order valence-corrected chi connectivity index (χ3v) is 7.84. The van der Waals surface area contributed by atoms with Gasteiger partial charge in [-0.15, -0.1) is 0 Å². The summed E-state index contributed by atoms with van der Waals surface area (Å²) in [5.41, 5.74) is 0. The maximum Gasteiger partial charge on any atom is 0.172 e. The van der Waals surface area contributed by atoms with E-state index in [9.17, 15) is 4.57 Å². The second-order valence-corrected chi connectivity index (χ2v) is 10.5. The molecule has 0 fully saturated rings. The minimum absolute atomic E-state index is 0.688. The number of hydrogen-bond donors (Lipinski definition) is 0. The van der Waals surface area contributed by atoms with Crippen molar-refractivity contribution >= 4 is 33.8 Å². The molecule has 0 radical (unpaired) electrons. The molecule has 0 aliphatic rings. The average molecular weight is 328 g/mol. The summed E-state index contributed by atoms with van der Waals surface area (Å²) >= 11 is 1.42. The van der Waals surface area contributed by atoms with E-state index in [-0.39, 0.29) is 0 Å². The molecule has 0 aliphatic carbocycles. The normalized spacial score (nSPS) is 13.7. The fraction of sp³-hybridized carbons (Fsp3) is 0.111. The van der Waals surface area contributed by atoms with Gasteiger partial charge in [-0.25, -0.2) is 0 Å². The summed E-state index contributed by atoms with van der Waals surface area (Å²) in [6.45, 7) is 1.81. The third-order valence-electron chi connectivity index (χ3n) is 3.51. The molecule has 0 bridgehead atoms. The van der Waals surface area contributed by atoms with Crippen molar-refractivity contribution in [1.29, 1.82) is 0 Å². The molecule has 0 aromatic heterocycles. The second kappa shape index (κ2) is 6.20. The van der Waals surface area contributed by atoms with Gasteiger partial charge in [0.1, 0.15) is 5.75 Å². The van der Waals surface area contributed by atoms with E-state index in [1.54, 1.807) is 7.11 Å². The van der Waals surface area contributed by atoms with Crippen LogP contribution < -0.4 is 10.0 Å². The molecule has 0 aliphatic heterocycles. The summed E-state index contributed by atoms with van der Waals surface area (Å²) in [5.74, 6) is 0.688. The zero-order valence-electron chi connectivity index (χ0n) is 12.5. The van der Waals surface area contributed by atoms with Crippen LogP contribution in [0.4, 0.5) is 0 Å². The van der Waals surface area contributed by atoms with Crippen LogP contribution in [0.15, 0.2) is 71.6 Å². The Labute approximate surface area is 134 Å². The topological polar surface area (TPSA) is 26.3 Å². The second-order valence-electron chi connectivity index (χ2n) is 5.09. The molecule has 0 heterocycles. The molecule has 0 saturated heterocycles. The molecular weight excluding hydrogens is 311 g/mol. The third kappa shape index (κ3) is 2.92. The number of hydrogen-bond acceptors (Lipinski definition) is 3. The molecule has 4 heteroatoms. The minimum Gasteiger partial charge on any atom is -0.496 e. The van der Waals surface area contributed by atoms with Crippen molar-refractivity contribution in [1.82, 2.24) is 0 Å². The van der Waals surface area contributed by atoms with Crippen LogP contribution in [0.1, 0.15) is 0 Å². The van der Waals surface area contributed by atoms with Crippen LogP contribution in [0.25, 0.3) is 10.8 Å². The monoisotopic (exact) mass is 328 g/mol. The standard InChI is InChI=1S/C18H17O2PS/c1-20-17-13-12-14-8-6-7-11-16(14)18(17)21(2,19)22-15-9-4-3-5-10-15/h3-13H,1-2H3. The van der Waals surface area contributed by atoms with Crippen LogP contribution in [0, 0.1) is 0 Å². The molecule has 3 aromatic rings. The van der Waals surface area contributed by atoms with Crippen molar-refractivity contribution in [3.63, 3.8) is 0 Å². The highest BCUT2D eigenvalue weighted by atomic mass is 32.7. The van der Waals surface area contributed by atoms with Crippen molar-refractivity contribution in [2.45, 2.75) is 4.90 Å². The Morgan fingerprint density at radius 3 is 2.32 bits per heavy atom. The van der Waals surface area contributed by atoms with Crippen molar-refractivity contribution in [2.75, 3.05) is 13.8 Å². The van der Waals surface area contributed by atoms with E-state index in [0.29, 0.717) is 5.75 Å². The van der Waals surface area contributed by atoms with Gasteiger partial charge in [-0.05, 0) is 29.0 Å². The van der Waals surface area contributed by atoms with Crippen LogP contribution >= 0.6 is 17.7 Å². The maximum absolute atomic E-state index is 13.5. The number of rotatable bonds is 4. The summed E-state index contributed by atoms with van der Waals surface area (Å²) in [6, 6.07) is 21.8. The van der Waals surface area contributed by atoms with E-state index in [1.165, 1.54) is 11.4 Å². The van der Waals surface area contributed by atoms with E-state index in [4.69, 9.17) is 4.74 Å². The molecule has 1 atom stereocenters. The lowest BCUT2D eigenvalue weighted by Crippen LogP contribution is -2.08. The van der Waals surface area contributed by atoms with Gasteiger partial charge in [-0.3, -0.25) is 0 Å². The molecule has 2 nitrogen and oxygen atoms in total. The Bertz CT molecular complexity index is 846. The van der Waals surface area contributed by atoms with Crippen LogP contribution in [0.2, 0.25) is 0 Å². The van der Waals surface area contributed by atoms with Gasteiger partial charge < -0.3 is 9.30 Å². The Hall–Kier alpha value is -1.70. The molecule has 3 aromatic carbocycles. The van der Waals surface area contributed by atoms with E-state index >= 15 is 0 Å². The quantitative estimate of drug-likeness (QED) is 0.618. The van der Waals surface area contributed by atoms with Crippen molar-refractivity contribution in [2.24, 2.45) is 0 Å². The summed E-state index contributed by atoms with van der Waals surface area (Å²) in [5, 5.41) is 2.88. The van der Waals surface area contributed by atoms with Gasteiger partial charge in [0.05, 0.1) is 12.4 Å². The summed E-state index contributed by atoms with van der Waals surface area (Å²) in [6.07, 6.45) is -2.67. The summed E-state index contributed by atoms with van der Waals surface area (Å²) in [7, 11) is 1.63. The van der Waals surface area contributed by atoms with Gasteiger partial charge in [0.15, 0.2) is 6.34 Å². The van der Waals surface area contributed by atoms with E-state index in [2.05, 4.69) is 0 Å². The molecule has 0 N–H and O–H groups in total.